The number of carbonyl (C=O) groups excluding carboxylic acids is 1. The Bertz CT molecular complexity index is 1010. The van der Waals surface area contributed by atoms with Crippen LogP contribution >= 0.6 is 11.6 Å². The molecule has 0 unspecified atom stereocenters. The topological polar surface area (TPSA) is 75.9 Å². The number of rotatable bonds is 4. The average Bonchev–Trinajstić information content (AvgIpc) is 3.16. The van der Waals surface area contributed by atoms with Crippen LogP contribution in [0.5, 0.6) is 0 Å². The van der Waals surface area contributed by atoms with Crippen LogP contribution in [-0.2, 0) is 6.54 Å². The second kappa shape index (κ2) is 8.37. The zero-order valence-electron chi connectivity index (χ0n) is 16.7. The lowest BCUT2D eigenvalue weighted by molar-refractivity contribution is 0.162. The highest BCUT2D eigenvalue weighted by Crippen LogP contribution is 2.24. The van der Waals surface area contributed by atoms with Crippen LogP contribution < -0.4 is 5.32 Å². The number of aromatic nitrogens is 4. The van der Waals surface area contributed by atoms with Gasteiger partial charge >= 0.3 is 6.03 Å². The van der Waals surface area contributed by atoms with Gasteiger partial charge in [0.1, 0.15) is 5.15 Å². The molecule has 0 aromatic carbocycles. The normalized spacial score (nSPS) is 15.2. The molecule has 152 valence electrons. The van der Waals surface area contributed by atoms with Gasteiger partial charge in [0.25, 0.3) is 0 Å². The molecule has 1 aliphatic heterocycles. The van der Waals surface area contributed by atoms with Crippen molar-refractivity contribution >= 4 is 28.7 Å². The summed E-state index contributed by atoms with van der Waals surface area (Å²) in [5.41, 5.74) is 3.57. The van der Waals surface area contributed by atoms with Gasteiger partial charge in [0, 0.05) is 49.2 Å². The summed E-state index contributed by atoms with van der Waals surface area (Å²) in [6, 6.07) is 5.80. The summed E-state index contributed by atoms with van der Waals surface area (Å²) in [5.74, 6) is 0.515. The number of nitrogens with zero attached hydrogens (tertiary/aromatic N) is 5. The van der Waals surface area contributed by atoms with E-state index in [1.54, 1.807) is 6.07 Å². The van der Waals surface area contributed by atoms with Crippen LogP contribution in [0.15, 0.2) is 36.8 Å². The minimum absolute atomic E-state index is 0.0392. The molecule has 1 saturated heterocycles. The van der Waals surface area contributed by atoms with Gasteiger partial charge in [0.15, 0.2) is 0 Å². The fraction of sp³-hybridized carbons (Fsp3) is 0.429. The van der Waals surface area contributed by atoms with Crippen molar-refractivity contribution in [3.05, 3.63) is 41.9 Å². The van der Waals surface area contributed by atoms with E-state index < -0.39 is 0 Å². The van der Waals surface area contributed by atoms with Crippen molar-refractivity contribution in [2.75, 3.05) is 13.1 Å². The Morgan fingerprint density at radius 2 is 2.00 bits per heavy atom. The van der Waals surface area contributed by atoms with Gasteiger partial charge in [-0.2, -0.15) is 5.10 Å². The summed E-state index contributed by atoms with van der Waals surface area (Å²) >= 11 is 6.00. The number of halogens is 1. The zero-order valence-corrected chi connectivity index (χ0v) is 17.4. The smallest absolute Gasteiger partial charge is 0.317 e. The van der Waals surface area contributed by atoms with Crippen LogP contribution in [0, 0.1) is 5.92 Å². The van der Waals surface area contributed by atoms with E-state index in [0.29, 0.717) is 11.1 Å². The summed E-state index contributed by atoms with van der Waals surface area (Å²) in [4.78, 5) is 22.8. The number of pyridine rings is 2. The van der Waals surface area contributed by atoms with E-state index in [2.05, 4.69) is 20.4 Å². The highest BCUT2D eigenvalue weighted by atomic mass is 35.5. The molecule has 1 N–H and O–H groups in total. The third-order valence-electron chi connectivity index (χ3n) is 5.23. The van der Waals surface area contributed by atoms with Crippen molar-refractivity contribution in [3.8, 4) is 11.1 Å². The second-order valence-corrected chi connectivity index (χ2v) is 8.27. The van der Waals surface area contributed by atoms with Gasteiger partial charge in [0.2, 0.25) is 0 Å². The fourth-order valence-electron chi connectivity index (χ4n) is 3.67. The van der Waals surface area contributed by atoms with Gasteiger partial charge in [-0.05, 0) is 50.8 Å². The molecule has 3 aromatic heterocycles. The minimum atomic E-state index is 0.0392. The number of urea groups is 1. The molecule has 3 aromatic rings. The molecule has 4 heterocycles. The molecule has 0 aliphatic carbocycles. The summed E-state index contributed by atoms with van der Waals surface area (Å²) in [5, 5.41) is 7.95. The highest BCUT2D eigenvalue weighted by Gasteiger charge is 2.23. The molecule has 7 nitrogen and oxygen atoms in total. The Labute approximate surface area is 175 Å². The van der Waals surface area contributed by atoms with E-state index in [1.165, 1.54) is 0 Å². The zero-order chi connectivity index (χ0) is 20.4. The van der Waals surface area contributed by atoms with Crippen molar-refractivity contribution in [1.82, 2.24) is 30.0 Å². The van der Waals surface area contributed by atoms with Crippen molar-refractivity contribution in [3.63, 3.8) is 0 Å². The van der Waals surface area contributed by atoms with E-state index in [4.69, 9.17) is 11.6 Å². The van der Waals surface area contributed by atoms with Gasteiger partial charge in [-0.25, -0.2) is 9.78 Å². The molecule has 1 fully saturated rings. The Balaban J connectivity index is 1.38. The lowest BCUT2D eigenvalue weighted by Crippen LogP contribution is -2.46. The van der Waals surface area contributed by atoms with Crippen LogP contribution in [-0.4, -0.2) is 49.8 Å². The number of fused-ring (bicyclic) bond motifs is 1. The Hall–Kier alpha value is -2.67. The van der Waals surface area contributed by atoms with E-state index >= 15 is 0 Å². The van der Waals surface area contributed by atoms with Crippen molar-refractivity contribution in [1.29, 1.82) is 0 Å². The number of hydrogen-bond acceptors (Lipinski definition) is 4. The molecule has 8 heteroatoms. The quantitative estimate of drug-likeness (QED) is 0.657. The van der Waals surface area contributed by atoms with E-state index in [1.807, 2.05) is 54.2 Å². The van der Waals surface area contributed by atoms with Crippen LogP contribution in [0.2, 0.25) is 5.15 Å². The van der Waals surface area contributed by atoms with Crippen molar-refractivity contribution in [2.24, 2.45) is 5.92 Å². The number of hydrogen-bond donors (Lipinski definition) is 1. The van der Waals surface area contributed by atoms with Gasteiger partial charge in [-0.1, -0.05) is 11.6 Å². The molecule has 0 spiro atoms. The van der Waals surface area contributed by atoms with E-state index in [-0.39, 0.29) is 12.1 Å². The van der Waals surface area contributed by atoms with E-state index in [0.717, 1.165) is 54.6 Å². The van der Waals surface area contributed by atoms with Gasteiger partial charge < -0.3 is 10.2 Å². The second-order valence-electron chi connectivity index (χ2n) is 7.88. The first-order valence-electron chi connectivity index (χ1n) is 9.98. The van der Waals surface area contributed by atoms with Crippen LogP contribution in [0.3, 0.4) is 0 Å². The van der Waals surface area contributed by atoms with Gasteiger partial charge in [-0.3, -0.25) is 9.67 Å². The van der Waals surface area contributed by atoms with Crippen molar-refractivity contribution < 1.29 is 4.79 Å². The lowest BCUT2D eigenvalue weighted by Gasteiger charge is -2.32. The first-order chi connectivity index (χ1) is 14.0. The van der Waals surface area contributed by atoms with Crippen LogP contribution in [0.4, 0.5) is 4.79 Å². The molecule has 0 atom stereocenters. The number of likely N-dealkylation sites (tertiary alicyclic amines) is 1. The van der Waals surface area contributed by atoms with Crippen LogP contribution in [0.1, 0.15) is 26.7 Å². The molecule has 0 saturated carbocycles. The summed E-state index contributed by atoms with van der Waals surface area (Å²) in [7, 11) is 0. The lowest BCUT2D eigenvalue weighted by atomic mass is 9.97. The molecule has 4 rings (SSSR count). The fourth-order valence-corrected chi connectivity index (χ4v) is 3.83. The standard InChI is InChI=1S/C21H25ClN6O/c1-14(2)25-21(29)27-7-5-15(6-8-27)12-28-13-17(11-24-28)16-9-19-18(23-10-16)3-4-20(22)26-19/h3-4,9-11,13-15H,5-8,12H2,1-2H3,(H,25,29). The first-order valence-corrected chi connectivity index (χ1v) is 10.4. The third kappa shape index (κ3) is 4.67. The SMILES string of the molecule is CC(C)NC(=O)N1CCC(Cn2cc(-c3cnc4ccc(Cl)nc4c3)cn2)CC1. The maximum Gasteiger partial charge on any atom is 0.317 e. The van der Waals surface area contributed by atoms with Gasteiger partial charge in [-0.15, -0.1) is 0 Å². The highest BCUT2D eigenvalue weighted by molar-refractivity contribution is 6.29. The van der Waals surface area contributed by atoms with Crippen LogP contribution in [0.25, 0.3) is 22.2 Å². The Morgan fingerprint density at radius 3 is 2.76 bits per heavy atom. The molecular weight excluding hydrogens is 388 g/mol. The Kier molecular flexibility index (Phi) is 5.67. The maximum absolute atomic E-state index is 12.1. The number of carbonyl (C=O) groups is 1. The Morgan fingerprint density at radius 1 is 1.21 bits per heavy atom. The summed E-state index contributed by atoms with van der Waals surface area (Å²) < 4.78 is 1.99. The third-order valence-corrected chi connectivity index (χ3v) is 5.44. The average molecular weight is 413 g/mol. The monoisotopic (exact) mass is 412 g/mol. The molecule has 0 radical (unpaired) electrons. The van der Waals surface area contributed by atoms with Gasteiger partial charge in [0.05, 0.1) is 17.2 Å². The first kappa shape index (κ1) is 19.6. The molecule has 2 amide bonds. The predicted molar refractivity (Wildman–Crippen MR) is 114 cm³/mol. The number of piperidine rings is 1. The maximum atomic E-state index is 12.1. The number of nitrogens with one attached hydrogen (secondary N) is 1. The predicted octanol–water partition coefficient (Wildman–Crippen LogP) is 3.98. The molecule has 1 aliphatic rings. The van der Waals surface area contributed by atoms with E-state index in [9.17, 15) is 4.79 Å². The van der Waals surface area contributed by atoms with Crippen molar-refractivity contribution in [2.45, 2.75) is 39.3 Å². The summed E-state index contributed by atoms with van der Waals surface area (Å²) in [6.45, 7) is 6.40. The molecule has 0 bridgehead atoms. The summed E-state index contributed by atoms with van der Waals surface area (Å²) in [6.07, 6.45) is 7.72. The number of amides is 2. The minimum Gasteiger partial charge on any atom is -0.336 e. The molecule has 29 heavy (non-hydrogen) atoms. The largest absolute Gasteiger partial charge is 0.336 e. The molecular formula is C21H25ClN6O.